The molecule has 0 radical (unpaired) electrons. The Labute approximate surface area is 97.8 Å². The molecule has 0 bridgehead atoms. The van der Waals surface area contributed by atoms with Crippen LogP contribution in [0.3, 0.4) is 0 Å². The van der Waals surface area contributed by atoms with E-state index in [-0.39, 0.29) is 0 Å². The first-order chi connectivity index (χ1) is 7.27. The van der Waals surface area contributed by atoms with Gasteiger partial charge in [0.15, 0.2) is 0 Å². The van der Waals surface area contributed by atoms with Crippen molar-refractivity contribution >= 4 is 11.6 Å². The van der Waals surface area contributed by atoms with Crippen LogP contribution in [-0.4, -0.2) is 13.6 Å². The molecule has 84 valence electrons. The smallest absolute Gasteiger partial charge is 0.0408 e. The molecule has 0 heterocycles. The molecule has 0 saturated heterocycles. The maximum absolute atomic E-state index is 6.00. The lowest BCUT2D eigenvalue weighted by molar-refractivity contribution is 0.555. The molecule has 1 aromatic carbocycles. The van der Waals surface area contributed by atoms with Crippen LogP contribution in [0, 0.1) is 0 Å². The number of hydrogen-bond donors (Lipinski definition) is 1. The van der Waals surface area contributed by atoms with Crippen molar-refractivity contribution in [3.8, 4) is 0 Å². The summed E-state index contributed by atoms with van der Waals surface area (Å²) in [5, 5.41) is 4.09. The Kier molecular flexibility index (Phi) is 5.74. The Hall–Kier alpha value is -0.530. The van der Waals surface area contributed by atoms with E-state index in [2.05, 4.69) is 24.4 Å². The van der Waals surface area contributed by atoms with Crippen molar-refractivity contribution in [3.05, 3.63) is 34.9 Å². The highest BCUT2D eigenvalue weighted by Crippen LogP contribution is 2.23. The van der Waals surface area contributed by atoms with Crippen LogP contribution < -0.4 is 5.32 Å². The zero-order valence-corrected chi connectivity index (χ0v) is 10.3. The van der Waals surface area contributed by atoms with Crippen molar-refractivity contribution in [2.75, 3.05) is 13.6 Å². The number of halogens is 1. The lowest BCUT2D eigenvalue weighted by Crippen LogP contribution is -2.17. The number of hydrogen-bond acceptors (Lipinski definition) is 1. The predicted octanol–water partition coefficient (Wildman–Crippen LogP) is 3.83. The summed E-state index contributed by atoms with van der Waals surface area (Å²) in [6.07, 6.45) is 3.76. The maximum Gasteiger partial charge on any atom is 0.0408 e. The van der Waals surface area contributed by atoms with Gasteiger partial charge in [-0.25, -0.2) is 0 Å². The molecule has 0 fully saturated rings. The third-order valence-corrected chi connectivity index (χ3v) is 2.91. The Balaban J connectivity index is 2.69. The zero-order chi connectivity index (χ0) is 11.1. The first-order valence-electron chi connectivity index (χ1n) is 5.68. The first kappa shape index (κ1) is 12.5. The summed E-state index contributed by atoms with van der Waals surface area (Å²) in [6.45, 7) is 3.26. The molecule has 1 N–H and O–H groups in total. The van der Waals surface area contributed by atoms with Gasteiger partial charge in [-0.15, -0.1) is 0 Å². The summed E-state index contributed by atoms with van der Waals surface area (Å²) < 4.78 is 0. The lowest BCUT2D eigenvalue weighted by Gasteiger charge is -2.16. The molecular formula is C13H20ClN. The molecule has 1 aromatic rings. The number of unbranched alkanes of at least 4 members (excludes halogenated alkanes) is 1. The van der Waals surface area contributed by atoms with Gasteiger partial charge in [-0.2, -0.15) is 0 Å². The molecule has 15 heavy (non-hydrogen) atoms. The first-order valence-corrected chi connectivity index (χ1v) is 6.05. The molecule has 1 nitrogen and oxygen atoms in total. The Morgan fingerprint density at radius 3 is 2.80 bits per heavy atom. The van der Waals surface area contributed by atoms with Gasteiger partial charge in [-0.1, -0.05) is 43.5 Å². The molecule has 0 amide bonds. The molecule has 0 aliphatic heterocycles. The van der Waals surface area contributed by atoms with Crippen molar-refractivity contribution in [3.63, 3.8) is 0 Å². The van der Waals surface area contributed by atoms with Crippen LogP contribution in [0.4, 0.5) is 0 Å². The average Bonchev–Trinajstić information content (AvgIpc) is 2.24. The van der Waals surface area contributed by atoms with E-state index in [1.807, 2.05) is 19.2 Å². The summed E-state index contributed by atoms with van der Waals surface area (Å²) in [4.78, 5) is 0. The fourth-order valence-electron chi connectivity index (χ4n) is 1.84. The fourth-order valence-corrected chi connectivity index (χ4v) is 2.04. The van der Waals surface area contributed by atoms with Gasteiger partial charge in [-0.3, -0.25) is 0 Å². The lowest BCUT2D eigenvalue weighted by atomic mass is 9.93. The van der Waals surface area contributed by atoms with E-state index in [4.69, 9.17) is 11.6 Å². The van der Waals surface area contributed by atoms with Crippen LogP contribution in [0.15, 0.2) is 24.3 Å². The largest absolute Gasteiger partial charge is 0.319 e. The maximum atomic E-state index is 6.00. The van der Waals surface area contributed by atoms with E-state index in [1.54, 1.807) is 0 Å². The highest BCUT2D eigenvalue weighted by molar-refractivity contribution is 6.30. The van der Waals surface area contributed by atoms with E-state index in [9.17, 15) is 0 Å². The number of likely N-dealkylation sites (N-methyl/N-ethyl adjacent to an activating group) is 1. The standard InChI is InChI=1S/C13H20ClN/c1-3-4-6-12(10-15-2)11-7-5-8-13(14)9-11/h5,7-9,12,15H,3-4,6,10H2,1-2H3. The molecule has 0 aliphatic carbocycles. The molecule has 2 heteroatoms. The van der Waals surface area contributed by atoms with Crippen LogP contribution in [0.1, 0.15) is 37.7 Å². The average molecular weight is 226 g/mol. The van der Waals surface area contributed by atoms with Gasteiger partial charge in [0.05, 0.1) is 0 Å². The third-order valence-electron chi connectivity index (χ3n) is 2.68. The molecule has 1 rings (SSSR count). The second-order valence-corrected chi connectivity index (χ2v) is 4.39. The second kappa shape index (κ2) is 6.86. The molecule has 1 unspecified atom stereocenters. The molecule has 0 saturated carbocycles. The highest BCUT2D eigenvalue weighted by atomic mass is 35.5. The minimum Gasteiger partial charge on any atom is -0.319 e. The second-order valence-electron chi connectivity index (χ2n) is 3.95. The van der Waals surface area contributed by atoms with Gasteiger partial charge < -0.3 is 5.32 Å². The Bertz CT molecular complexity index is 286. The zero-order valence-electron chi connectivity index (χ0n) is 9.59. The van der Waals surface area contributed by atoms with Gasteiger partial charge in [-0.05, 0) is 37.1 Å². The SMILES string of the molecule is CCCCC(CNC)c1cccc(Cl)c1. The van der Waals surface area contributed by atoms with Crippen molar-refractivity contribution in [1.82, 2.24) is 5.32 Å². The van der Waals surface area contributed by atoms with E-state index in [0.717, 1.165) is 11.6 Å². The Morgan fingerprint density at radius 2 is 2.20 bits per heavy atom. The number of benzene rings is 1. The van der Waals surface area contributed by atoms with E-state index >= 15 is 0 Å². The quantitative estimate of drug-likeness (QED) is 0.776. The summed E-state index contributed by atoms with van der Waals surface area (Å²) >= 11 is 6.00. The molecule has 0 aromatic heterocycles. The van der Waals surface area contributed by atoms with E-state index in [1.165, 1.54) is 24.8 Å². The summed E-state index contributed by atoms with van der Waals surface area (Å²) in [5.74, 6) is 0.591. The summed E-state index contributed by atoms with van der Waals surface area (Å²) in [7, 11) is 2.00. The van der Waals surface area contributed by atoms with E-state index in [0.29, 0.717) is 5.92 Å². The molecular weight excluding hydrogens is 206 g/mol. The number of rotatable bonds is 6. The van der Waals surface area contributed by atoms with Crippen LogP contribution in [0.2, 0.25) is 5.02 Å². The van der Waals surface area contributed by atoms with Crippen molar-refractivity contribution in [1.29, 1.82) is 0 Å². The summed E-state index contributed by atoms with van der Waals surface area (Å²) in [6, 6.07) is 8.22. The van der Waals surface area contributed by atoms with E-state index < -0.39 is 0 Å². The van der Waals surface area contributed by atoms with Crippen LogP contribution in [0.25, 0.3) is 0 Å². The van der Waals surface area contributed by atoms with Crippen molar-refractivity contribution < 1.29 is 0 Å². The van der Waals surface area contributed by atoms with Gasteiger partial charge in [0.2, 0.25) is 0 Å². The van der Waals surface area contributed by atoms with Crippen LogP contribution >= 0.6 is 11.6 Å². The molecule has 0 aliphatic rings. The van der Waals surface area contributed by atoms with Gasteiger partial charge in [0.1, 0.15) is 0 Å². The third kappa shape index (κ3) is 4.23. The number of nitrogens with one attached hydrogen (secondary N) is 1. The van der Waals surface area contributed by atoms with Crippen molar-refractivity contribution in [2.24, 2.45) is 0 Å². The van der Waals surface area contributed by atoms with Crippen molar-refractivity contribution in [2.45, 2.75) is 32.1 Å². The van der Waals surface area contributed by atoms with Gasteiger partial charge >= 0.3 is 0 Å². The van der Waals surface area contributed by atoms with Crippen LogP contribution in [-0.2, 0) is 0 Å². The van der Waals surface area contributed by atoms with Crippen LogP contribution in [0.5, 0.6) is 0 Å². The normalized spacial score (nSPS) is 12.7. The van der Waals surface area contributed by atoms with Gasteiger partial charge in [0.25, 0.3) is 0 Å². The predicted molar refractivity (Wildman–Crippen MR) is 67.6 cm³/mol. The molecule has 1 atom stereocenters. The fraction of sp³-hybridized carbons (Fsp3) is 0.538. The Morgan fingerprint density at radius 1 is 1.40 bits per heavy atom. The topological polar surface area (TPSA) is 12.0 Å². The highest BCUT2D eigenvalue weighted by Gasteiger charge is 2.09. The summed E-state index contributed by atoms with van der Waals surface area (Å²) in [5.41, 5.74) is 1.35. The van der Waals surface area contributed by atoms with Gasteiger partial charge in [0, 0.05) is 11.6 Å². The minimum atomic E-state index is 0.591. The molecule has 0 spiro atoms. The minimum absolute atomic E-state index is 0.591. The monoisotopic (exact) mass is 225 g/mol.